The van der Waals surface area contributed by atoms with Crippen LogP contribution in [-0.4, -0.2) is 22.9 Å². The number of rotatable bonds is 5. The molecule has 0 aliphatic carbocycles. The molecule has 0 aliphatic rings. The molecule has 16 heavy (non-hydrogen) atoms. The van der Waals surface area contributed by atoms with Gasteiger partial charge in [-0.15, -0.1) is 16.7 Å². The minimum Gasteiger partial charge on any atom is -0.407 e. The molecule has 92 valence electrons. The highest BCUT2D eigenvalue weighted by Gasteiger charge is 2.25. The fourth-order valence-electron chi connectivity index (χ4n) is 0.951. The van der Waals surface area contributed by atoms with Crippen molar-refractivity contribution in [2.24, 2.45) is 0 Å². The van der Waals surface area contributed by atoms with Crippen LogP contribution in [0, 0.1) is 0 Å². The zero-order valence-electron chi connectivity index (χ0n) is 8.51. The monoisotopic (exact) mass is 257 g/mol. The third-order valence-electron chi connectivity index (χ3n) is 1.69. The van der Waals surface area contributed by atoms with Crippen LogP contribution in [0.4, 0.5) is 19.2 Å². The van der Waals surface area contributed by atoms with Crippen LogP contribution in [-0.2, 0) is 0 Å². The van der Waals surface area contributed by atoms with E-state index in [9.17, 15) is 13.2 Å². The molecule has 0 fully saturated rings. The molecule has 0 saturated carbocycles. The van der Waals surface area contributed by atoms with Crippen LogP contribution in [0.2, 0.25) is 0 Å². The lowest BCUT2D eigenvalue weighted by Crippen LogP contribution is -2.11. The largest absolute Gasteiger partial charge is 0.407 e. The molecule has 0 saturated heterocycles. The van der Waals surface area contributed by atoms with Crippen molar-refractivity contribution in [3.63, 3.8) is 0 Å². The van der Waals surface area contributed by atoms with Crippen LogP contribution in [0.5, 0.6) is 0 Å². The van der Waals surface area contributed by atoms with Gasteiger partial charge in [0, 0.05) is 13.0 Å². The van der Waals surface area contributed by atoms with E-state index in [4.69, 9.17) is 16.0 Å². The van der Waals surface area contributed by atoms with Crippen molar-refractivity contribution in [2.75, 3.05) is 11.9 Å². The standard InChI is InChI=1S/C8H11ClF3N3O/c1-5(9)6-14-15-7(16-6)13-4-2-3-8(10,11)12/h5H,2-4H2,1H3,(H,13,15). The van der Waals surface area contributed by atoms with Gasteiger partial charge in [0.25, 0.3) is 0 Å². The average molecular weight is 258 g/mol. The van der Waals surface area contributed by atoms with Gasteiger partial charge in [0.2, 0.25) is 5.89 Å². The van der Waals surface area contributed by atoms with Gasteiger partial charge in [-0.05, 0) is 13.3 Å². The van der Waals surface area contributed by atoms with Gasteiger partial charge >= 0.3 is 12.2 Å². The fraction of sp³-hybridized carbons (Fsp3) is 0.750. The molecule has 0 aliphatic heterocycles. The van der Waals surface area contributed by atoms with E-state index in [0.717, 1.165) is 0 Å². The summed E-state index contributed by atoms with van der Waals surface area (Å²) in [6, 6.07) is 0.0877. The Bertz CT molecular complexity index is 327. The van der Waals surface area contributed by atoms with E-state index in [2.05, 4.69) is 15.5 Å². The molecule has 1 aromatic rings. The Balaban J connectivity index is 2.27. The van der Waals surface area contributed by atoms with Crippen molar-refractivity contribution in [1.82, 2.24) is 10.2 Å². The molecular formula is C8H11ClF3N3O. The smallest absolute Gasteiger partial charge is 0.389 e. The molecule has 1 N–H and O–H groups in total. The lowest BCUT2D eigenvalue weighted by Gasteiger charge is -2.05. The Labute approximate surface area is 95.2 Å². The van der Waals surface area contributed by atoms with Crippen molar-refractivity contribution in [3.05, 3.63) is 5.89 Å². The summed E-state index contributed by atoms with van der Waals surface area (Å²) < 4.78 is 40.4. The lowest BCUT2D eigenvalue weighted by atomic mass is 10.3. The summed E-state index contributed by atoms with van der Waals surface area (Å²) in [4.78, 5) is 0. The second-order valence-electron chi connectivity index (χ2n) is 3.21. The normalized spacial score (nSPS) is 13.8. The highest BCUT2D eigenvalue weighted by Crippen LogP contribution is 2.22. The number of nitrogens with one attached hydrogen (secondary N) is 1. The number of anilines is 1. The predicted octanol–water partition coefficient (Wildman–Crippen LogP) is 3.12. The lowest BCUT2D eigenvalue weighted by molar-refractivity contribution is -0.134. The SMILES string of the molecule is CC(Cl)c1nnc(NCCCC(F)(F)F)o1. The number of aromatic nitrogens is 2. The van der Waals surface area contributed by atoms with Crippen molar-refractivity contribution in [2.45, 2.75) is 31.3 Å². The number of hydrogen-bond donors (Lipinski definition) is 1. The molecular weight excluding hydrogens is 247 g/mol. The van der Waals surface area contributed by atoms with Crippen LogP contribution in [0.1, 0.15) is 31.0 Å². The second-order valence-corrected chi connectivity index (χ2v) is 3.86. The molecule has 0 radical (unpaired) electrons. The first-order valence-electron chi connectivity index (χ1n) is 4.66. The average Bonchev–Trinajstić information content (AvgIpc) is 2.59. The molecule has 0 aromatic carbocycles. The fourth-order valence-corrected chi connectivity index (χ4v) is 1.04. The van der Waals surface area contributed by atoms with Crippen molar-refractivity contribution in [3.8, 4) is 0 Å². The van der Waals surface area contributed by atoms with Crippen molar-refractivity contribution >= 4 is 17.6 Å². The Hall–Kier alpha value is -0.980. The summed E-state index contributed by atoms with van der Waals surface area (Å²) >= 11 is 5.66. The Morgan fingerprint density at radius 3 is 2.62 bits per heavy atom. The van der Waals surface area contributed by atoms with Gasteiger partial charge in [0.1, 0.15) is 5.38 Å². The second kappa shape index (κ2) is 5.38. The van der Waals surface area contributed by atoms with E-state index in [-0.39, 0.29) is 24.9 Å². The summed E-state index contributed by atoms with van der Waals surface area (Å²) in [7, 11) is 0. The molecule has 0 amide bonds. The third-order valence-corrected chi connectivity index (χ3v) is 1.88. The predicted molar refractivity (Wildman–Crippen MR) is 52.3 cm³/mol. The third kappa shape index (κ3) is 4.69. The maximum absolute atomic E-state index is 11.8. The minimum absolute atomic E-state index is 0.0440. The molecule has 1 unspecified atom stereocenters. The van der Waals surface area contributed by atoms with E-state index in [1.165, 1.54) is 0 Å². The molecule has 0 bridgehead atoms. The zero-order valence-corrected chi connectivity index (χ0v) is 9.27. The highest BCUT2D eigenvalue weighted by molar-refractivity contribution is 6.20. The summed E-state index contributed by atoms with van der Waals surface area (Å²) in [5, 5.41) is 9.36. The van der Waals surface area contributed by atoms with Crippen LogP contribution in [0.15, 0.2) is 4.42 Å². The molecule has 8 heteroatoms. The maximum atomic E-state index is 11.8. The van der Waals surface area contributed by atoms with Crippen LogP contribution < -0.4 is 5.32 Å². The van der Waals surface area contributed by atoms with Crippen LogP contribution in [0.3, 0.4) is 0 Å². The van der Waals surface area contributed by atoms with Gasteiger partial charge in [-0.2, -0.15) is 13.2 Å². The molecule has 1 aromatic heterocycles. The van der Waals surface area contributed by atoms with Crippen LogP contribution in [0.25, 0.3) is 0 Å². The highest BCUT2D eigenvalue weighted by atomic mass is 35.5. The maximum Gasteiger partial charge on any atom is 0.389 e. The molecule has 1 heterocycles. The number of hydrogen-bond acceptors (Lipinski definition) is 4. The molecule has 4 nitrogen and oxygen atoms in total. The first-order valence-corrected chi connectivity index (χ1v) is 5.10. The number of nitrogens with zero attached hydrogens (tertiary/aromatic N) is 2. The number of halogens is 4. The summed E-state index contributed by atoms with van der Waals surface area (Å²) in [6.45, 7) is 1.78. The molecule has 1 rings (SSSR count). The van der Waals surface area contributed by atoms with Crippen molar-refractivity contribution < 1.29 is 17.6 Å². The van der Waals surface area contributed by atoms with Gasteiger partial charge in [-0.25, -0.2) is 0 Å². The summed E-state index contributed by atoms with van der Waals surface area (Å²) in [5.41, 5.74) is 0. The van der Waals surface area contributed by atoms with E-state index in [1.54, 1.807) is 6.92 Å². The Morgan fingerprint density at radius 1 is 1.44 bits per heavy atom. The van der Waals surface area contributed by atoms with Gasteiger partial charge in [0.05, 0.1) is 0 Å². The summed E-state index contributed by atoms with van der Waals surface area (Å²) in [5.74, 6) is 0.236. The Kier molecular flexibility index (Phi) is 4.40. The van der Waals surface area contributed by atoms with E-state index < -0.39 is 18.0 Å². The first kappa shape index (κ1) is 13.1. The molecule has 0 spiro atoms. The molecule has 1 atom stereocenters. The van der Waals surface area contributed by atoms with E-state index in [0.29, 0.717) is 0 Å². The zero-order chi connectivity index (χ0) is 12.2. The summed E-state index contributed by atoms with van der Waals surface area (Å²) in [6.07, 6.45) is -5.02. The van der Waals surface area contributed by atoms with Crippen molar-refractivity contribution in [1.29, 1.82) is 0 Å². The van der Waals surface area contributed by atoms with Crippen LogP contribution >= 0.6 is 11.6 Å². The number of alkyl halides is 4. The topological polar surface area (TPSA) is 51.0 Å². The van der Waals surface area contributed by atoms with Gasteiger partial charge < -0.3 is 9.73 Å². The Morgan fingerprint density at radius 2 is 2.12 bits per heavy atom. The minimum atomic E-state index is -4.13. The van der Waals surface area contributed by atoms with E-state index >= 15 is 0 Å². The van der Waals surface area contributed by atoms with Gasteiger partial charge in [-0.1, -0.05) is 5.10 Å². The van der Waals surface area contributed by atoms with Gasteiger partial charge in [0.15, 0.2) is 0 Å². The quantitative estimate of drug-likeness (QED) is 0.650. The van der Waals surface area contributed by atoms with Gasteiger partial charge in [-0.3, -0.25) is 0 Å². The van der Waals surface area contributed by atoms with E-state index in [1.807, 2.05) is 0 Å². The first-order chi connectivity index (χ1) is 7.38.